The molecule has 3 N–H and O–H groups in total. The van der Waals surface area contributed by atoms with Crippen LogP contribution in [0.5, 0.6) is 5.75 Å². The first-order valence-corrected chi connectivity index (χ1v) is 5.70. The Kier molecular flexibility index (Phi) is 4.88. The SMILES string of the molecule is COc1cccc(CC(=O)NCC(C)(O)C(=O)O)c1. The van der Waals surface area contributed by atoms with Gasteiger partial charge in [-0.3, -0.25) is 4.79 Å². The highest BCUT2D eigenvalue weighted by Gasteiger charge is 2.30. The molecule has 0 aliphatic carbocycles. The number of carboxylic acids is 1. The average Bonchev–Trinajstić information content (AvgIpc) is 2.36. The highest BCUT2D eigenvalue weighted by molar-refractivity contribution is 5.81. The lowest BCUT2D eigenvalue weighted by Crippen LogP contribution is -2.46. The zero-order valence-corrected chi connectivity index (χ0v) is 10.8. The van der Waals surface area contributed by atoms with Gasteiger partial charge in [0, 0.05) is 0 Å². The second-order valence-electron chi connectivity index (χ2n) is 4.38. The van der Waals surface area contributed by atoms with Crippen LogP contribution < -0.4 is 10.1 Å². The fraction of sp³-hybridized carbons (Fsp3) is 0.385. The zero-order chi connectivity index (χ0) is 14.5. The minimum Gasteiger partial charge on any atom is -0.497 e. The van der Waals surface area contributed by atoms with Gasteiger partial charge >= 0.3 is 5.97 Å². The van der Waals surface area contributed by atoms with Crippen molar-refractivity contribution >= 4 is 11.9 Å². The standard InChI is InChI=1S/C13H17NO5/c1-13(18,12(16)17)8-14-11(15)7-9-4-3-5-10(6-9)19-2/h3-6,18H,7-8H2,1-2H3,(H,14,15)(H,16,17). The molecule has 1 rings (SSSR count). The summed E-state index contributed by atoms with van der Waals surface area (Å²) in [7, 11) is 1.53. The summed E-state index contributed by atoms with van der Waals surface area (Å²) in [6, 6.07) is 7.00. The molecule has 104 valence electrons. The van der Waals surface area contributed by atoms with Gasteiger partial charge in [0.25, 0.3) is 0 Å². The largest absolute Gasteiger partial charge is 0.497 e. The van der Waals surface area contributed by atoms with Crippen LogP contribution in [-0.2, 0) is 16.0 Å². The molecule has 0 spiro atoms. The third kappa shape index (κ3) is 4.59. The van der Waals surface area contributed by atoms with Gasteiger partial charge in [0.1, 0.15) is 5.75 Å². The number of methoxy groups -OCH3 is 1. The quantitative estimate of drug-likeness (QED) is 0.683. The highest BCUT2D eigenvalue weighted by atomic mass is 16.5. The van der Waals surface area contributed by atoms with E-state index in [1.165, 1.54) is 7.11 Å². The summed E-state index contributed by atoms with van der Waals surface area (Å²) in [5, 5.41) is 20.5. The third-order valence-electron chi connectivity index (χ3n) is 2.59. The summed E-state index contributed by atoms with van der Waals surface area (Å²) in [4.78, 5) is 22.3. The van der Waals surface area contributed by atoms with Gasteiger partial charge in [-0.2, -0.15) is 0 Å². The number of aliphatic carboxylic acids is 1. The molecule has 6 nitrogen and oxygen atoms in total. The van der Waals surface area contributed by atoms with Crippen LogP contribution in [-0.4, -0.2) is 41.3 Å². The van der Waals surface area contributed by atoms with Crippen LogP contribution in [0.25, 0.3) is 0 Å². The van der Waals surface area contributed by atoms with E-state index in [1.807, 2.05) is 0 Å². The normalized spacial score (nSPS) is 13.4. The lowest BCUT2D eigenvalue weighted by molar-refractivity contribution is -0.156. The average molecular weight is 267 g/mol. The maximum Gasteiger partial charge on any atom is 0.337 e. The van der Waals surface area contributed by atoms with Crippen molar-refractivity contribution in [2.75, 3.05) is 13.7 Å². The van der Waals surface area contributed by atoms with Crippen molar-refractivity contribution in [3.05, 3.63) is 29.8 Å². The maximum atomic E-state index is 11.6. The summed E-state index contributed by atoms with van der Waals surface area (Å²) < 4.78 is 5.03. The molecule has 1 unspecified atom stereocenters. The number of carbonyl (C=O) groups excluding carboxylic acids is 1. The molecule has 0 fully saturated rings. The van der Waals surface area contributed by atoms with E-state index in [2.05, 4.69) is 5.32 Å². The molecule has 1 amide bonds. The number of hydrogen-bond acceptors (Lipinski definition) is 4. The lowest BCUT2D eigenvalue weighted by atomic mass is 10.1. The molecule has 0 bridgehead atoms. The summed E-state index contributed by atoms with van der Waals surface area (Å²) in [5.74, 6) is -1.10. The second-order valence-corrected chi connectivity index (χ2v) is 4.38. The topological polar surface area (TPSA) is 95.9 Å². The Morgan fingerprint density at radius 1 is 1.42 bits per heavy atom. The Balaban J connectivity index is 2.54. The van der Waals surface area contributed by atoms with E-state index in [0.717, 1.165) is 12.5 Å². The molecular formula is C13H17NO5. The van der Waals surface area contributed by atoms with Crippen LogP contribution in [0.1, 0.15) is 12.5 Å². The van der Waals surface area contributed by atoms with Crippen molar-refractivity contribution in [2.24, 2.45) is 0 Å². The molecule has 0 radical (unpaired) electrons. The molecule has 6 heteroatoms. The van der Waals surface area contributed by atoms with Crippen molar-refractivity contribution in [1.29, 1.82) is 0 Å². The Morgan fingerprint density at radius 3 is 2.68 bits per heavy atom. The number of nitrogens with one attached hydrogen (secondary N) is 1. The Labute approximate surface area is 111 Å². The minimum atomic E-state index is -1.97. The van der Waals surface area contributed by atoms with Crippen LogP contribution in [0.15, 0.2) is 24.3 Å². The molecule has 0 saturated carbocycles. The van der Waals surface area contributed by atoms with E-state index in [1.54, 1.807) is 24.3 Å². The highest BCUT2D eigenvalue weighted by Crippen LogP contribution is 2.12. The fourth-order valence-corrected chi connectivity index (χ4v) is 1.38. The van der Waals surface area contributed by atoms with Gasteiger partial charge in [-0.15, -0.1) is 0 Å². The van der Waals surface area contributed by atoms with E-state index in [0.29, 0.717) is 5.75 Å². The summed E-state index contributed by atoms with van der Waals surface area (Å²) in [6.07, 6.45) is 0.0902. The predicted molar refractivity (Wildman–Crippen MR) is 68.0 cm³/mol. The number of carboxylic acid groups (broad SMARTS) is 1. The van der Waals surface area contributed by atoms with E-state index in [9.17, 15) is 14.7 Å². The molecule has 0 aliphatic heterocycles. The number of amides is 1. The summed E-state index contributed by atoms with van der Waals surface area (Å²) >= 11 is 0. The molecular weight excluding hydrogens is 250 g/mol. The first-order valence-electron chi connectivity index (χ1n) is 5.70. The smallest absolute Gasteiger partial charge is 0.337 e. The van der Waals surface area contributed by atoms with Gasteiger partial charge in [-0.1, -0.05) is 12.1 Å². The number of hydrogen-bond donors (Lipinski definition) is 3. The zero-order valence-electron chi connectivity index (χ0n) is 10.8. The molecule has 1 aromatic carbocycles. The fourth-order valence-electron chi connectivity index (χ4n) is 1.38. The van der Waals surface area contributed by atoms with E-state index in [-0.39, 0.29) is 18.9 Å². The number of carbonyl (C=O) groups is 2. The first kappa shape index (κ1) is 15.0. The van der Waals surface area contributed by atoms with Crippen LogP contribution in [0.4, 0.5) is 0 Å². The van der Waals surface area contributed by atoms with Gasteiger partial charge in [-0.05, 0) is 24.6 Å². The Morgan fingerprint density at radius 2 is 2.11 bits per heavy atom. The van der Waals surface area contributed by atoms with Gasteiger partial charge in [0.2, 0.25) is 5.91 Å². The summed E-state index contributed by atoms with van der Waals surface area (Å²) in [6.45, 7) is 0.784. The molecule has 0 aromatic heterocycles. The molecule has 0 heterocycles. The van der Waals surface area contributed by atoms with E-state index < -0.39 is 11.6 Å². The first-order chi connectivity index (χ1) is 8.85. The van der Waals surface area contributed by atoms with Crippen LogP contribution >= 0.6 is 0 Å². The lowest BCUT2D eigenvalue weighted by Gasteiger charge is -2.18. The van der Waals surface area contributed by atoms with E-state index >= 15 is 0 Å². The van der Waals surface area contributed by atoms with E-state index in [4.69, 9.17) is 9.84 Å². The van der Waals surface area contributed by atoms with Crippen molar-refractivity contribution < 1.29 is 24.5 Å². The van der Waals surface area contributed by atoms with Gasteiger partial charge < -0.3 is 20.3 Å². The van der Waals surface area contributed by atoms with Crippen molar-refractivity contribution in [3.8, 4) is 5.75 Å². The second kappa shape index (κ2) is 6.19. The molecule has 19 heavy (non-hydrogen) atoms. The van der Waals surface area contributed by atoms with Crippen molar-refractivity contribution in [2.45, 2.75) is 18.9 Å². The maximum absolute atomic E-state index is 11.6. The Hall–Kier alpha value is -2.08. The van der Waals surface area contributed by atoms with Crippen LogP contribution in [0, 0.1) is 0 Å². The monoisotopic (exact) mass is 267 g/mol. The third-order valence-corrected chi connectivity index (χ3v) is 2.59. The molecule has 1 aromatic rings. The number of benzene rings is 1. The van der Waals surface area contributed by atoms with Crippen molar-refractivity contribution in [1.82, 2.24) is 5.32 Å². The number of rotatable bonds is 6. The van der Waals surface area contributed by atoms with Gasteiger partial charge in [-0.25, -0.2) is 4.79 Å². The van der Waals surface area contributed by atoms with Crippen LogP contribution in [0.2, 0.25) is 0 Å². The number of aliphatic hydroxyl groups is 1. The minimum absolute atomic E-state index is 0.0902. The van der Waals surface area contributed by atoms with Gasteiger partial charge in [0.15, 0.2) is 5.60 Å². The number of ether oxygens (including phenoxy) is 1. The molecule has 1 atom stereocenters. The van der Waals surface area contributed by atoms with Crippen molar-refractivity contribution in [3.63, 3.8) is 0 Å². The molecule has 0 saturated heterocycles. The Bertz CT molecular complexity index is 470. The summed E-state index contributed by atoms with van der Waals surface area (Å²) in [5.41, 5.74) is -1.23. The van der Waals surface area contributed by atoms with Crippen LogP contribution in [0.3, 0.4) is 0 Å². The molecule has 0 aliphatic rings. The van der Waals surface area contributed by atoms with Gasteiger partial charge in [0.05, 0.1) is 20.1 Å². The predicted octanol–water partition coefficient (Wildman–Crippen LogP) is 0.189.